The highest BCUT2D eigenvalue weighted by atomic mass is 16.1. The van der Waals surface area contributed by atoms with E-state index in [4.69, 9.17) is 0 Å². The molecule has 0 aliphatic heterocycles. The largest absolute Gasteiger partial charge is 0.289 e. The van der Waals surface area contributed by atoms with Gasteiger partial charge in [0, 0.05) is 34.1 Å². The Balaban J connectivity index is 1.68. The summed E-state index contributed by atoms with van der Waals surface area (Å²) in [7, 11) is 0. The van der Waals surface area contributed by atoms with Crippen LogP contribution in [-0.4, -0.2) is 11.6 Å². The second-order valence-corrected chi connectivity index (χ2v) is 8.35. The maximum Gasteiger partial charge on any atom is 0.190 e. The predicted molar refractivity (Wildman–Crippen MR) is 125 cm³/mol. The van der Waals surface area contributed by atoms with Crippen molar-refractivity contribution in [2.24, 2.45) is 0 Å². The fourth-order valence-electron chi connectivity index (χ4n) is 5.31. The minimum atomic E-state index is -0.251. The first-order chi connectivity index (χ1) is 15.8. The summed E-state index contributed by atoms with van der Waals surface area (Å²) >= 11 is 0. The SMILES string of the molecule is O=C1/C(=C2/C(=O)c3ccccc3[C@@H]2c2ccccc2)[C@@H](c2ccccc2)c2ccccc21. The van der Waals surface area contributed by atoms with Crippen LogP contribution in [-0.2, 0) is 0 Å². The van der Waals surface area contributed by atoms with E-state index in [2.05, 4.69) is 0 Å². The predicted octanol–water partition coefficient (Wildman–Crippen LogP) is 6.34. The van der Waals surface area contributed by atoms with Crippen molar-refractivity contribution in [2.45, 2.75) is 11.8 Å². The molecule has 2 atom stereocenters. The van der Waals surface area contributed by atoms with Crippen LogP contribution in [0, 0.1) is 0 Å². The van der Waals surface area contributed by atoms with Crippen LogP contribution in [0.1, 0.15) is 54.8 Å². The van der Waals surface area contributed by atoms with Gasteiger partial charge in [-0.2, -0.15) is 0 Å². The summed E-state index contributed by atoms with van der Waals surface area (Å²) in [5.41, 5.74) is 6.63. The third-order valence-corrected chi connectivity index (χ3v) is 6.66. The van der Waals surface area contributed by atoms with Crippen LogP contribution in [0.2, 0.25) is 0 Å². The maximum atomic E-state index is 13.8. The van der Waals surface area contributed by atoms with E-state index in [1.54, 1.807) is 0 Å². The summed E-state index contributed by atoms with van der Waals surface area (Å²) in [6.45, 7) is 0. The van der Waals surface area contributed by atoms with Crippen LogP contribution in [0.4, 0.5) is 0 Å². The number of fused-ring (bicyclic) bond motifs is 2. The number of carbonyl (C=O) groups excluding carboxylic acids is 2. The van der Waals surface area contributed by atoms with E-state index in [1.807, 2.05) is 109 Å². The van der Waals surface area contributed by atoms with Gasteiger partial charge in [-0.3, -0.25) is 9.59 Å². The van der Waals surface area contributed by atoms with E-state index in [1.165, 1.54) is 0 Å². The van der Waals surface area contributed by atoms with Crippen molar-refractivity contribution in [2.75, 3.05) is 0 Å². The van der Waals surface area contributed by atoms with Crippen molar-refractivity contribution in [1.82, 2.24) is 0 Å². The fourth-order valence-corrected chi connectivity index (χ4v) is 5.31. The van der Waals surface area contributed by atoms with Gasteiger partial charge in [-0.15, -0.1) is 0 Å². The monoisotopic (exact) mass is 412 g/mol. The third-order valence-electron chi connectivity index (χ3n) is 6.66. The summed E-state index contributed by atoms with van der Waals surface area (Å²) in [6.07, 6.45) is 0. The van der Waals surface area contributed by atoms with Gasteiger partial charge in [0.25, 0.3) is 0 Å². The molecule has 32 heavy (non-hydrogen) atoms. The molecule has 0 saturated carbocycles. The molecule has 0 bridgehead atoms. The lowest BCUT2D eigenvalue weighted by Gasteiger charge is -2.20. The topological polar surface area (TPSA) is 34.1 Å². The summed E-state index contributed by atoms with van der Waals surface area (Å²) in [5.74, 6) is -0.572. The highest BCUT2D eigenvalue weighted by Gasteiger charge is 2.45. The van der Waals surface area contributed by atoms with Gasteiger partial charge < -0.3 is 0 Å². The zero-order valence-corrected chi connectivity index (χ0v) is 17.4. The number of carbonyl (C=O) groups is 2. The van der Waals surface area contributed by atoms with Gasteiger partial charge in [0.05, 0.1) is 0 Å². The first-order valence-electron chi connectivity index (χ1n) is 10.9. The van der Waals surface area contributed by atoms with E-state index in [0.717, 1.165) is 22.3 Å². The van der Waals surface area contributed by atoms with Gasteiger partial charge in [-0.05, 0) is 22.3 Å². The van der Waals surface area contributed by atoms with Crippen LogP contribution in [0.5, 0.6) is 0 Å². The molecule has 0 fully saturated rings. The van der Waals surface area contributed by atoms with Gasteiger partial charge in [0.15, 0.2) is 11.6 Å². The molecule has 0 heterocycles. The van der Waals surface area contributed by atoms with E-state index in [-0.39, 0.29) is 23.4 Å². The van der Waals surface area contributed by atoms with E-state index < -0.39 is 0 Å². The molecule has 0 amide bonds. The van der Waals surface area contributed by atoms with E-state index >= 15 is 0 Å². The second kappa shape index (κ2) is 7.28. The molecule has 0 saturated heterocycles. The lowest BCUT2D eigenvalue weighted by Crippen LogP contribution is -2.13. The first kappa shape index (κ1) is 18.7. The Morgan fingerprint density at radius 2 is 0.750 bits per heavy atom. The quantitative estimate of drug-likeness (QED) is 0.360. The van der Waals surface area contributed by atoms with Crippen LogP contribution in [0.3, 0.4) is 0 Å². The molecular formula is C30H20O2. The molecule has 0 aromatic heterocycles. The van der Waals surface area contributed by atoms with Crippen molar-refractivity contribution in [3.05, 3.63) is 154 Å². The molecule has 152 valence electrons. The Labute approximate surface area is 186 Å². The number of Topliss-reactive ketones (excluding diaryl/α,β-unsaturated/α-hetero) is 2. The molecule has 2 heteroatoms. The average Bonchev–Trinajstić information content (AvgIpc) is 3.31. The Morgan fingerprint density at radius 1 is 0.406 bits per heavy atom. The summed E-state index contributed by atoms with van der Waals surface area (Å²) in [5, 5.41) is 0. The first-order valence-corrected chi connectivity index (χ1v) is 10.9. The van der Waals surface area contributed by atoms with Crippen molar-refractivity contribution in [1.29, 1.82) is 0 Å². The van der Waals surface area contributed by atoms with Gasteiger partial charge in [0.1, 0.15) is 0 Å². The summed E-state index contributed by atoms with van der Waals surface area (Å²) in [6, 6.07) is 35.6. The lowest BCUT2D eigenvalue weighted by molar-refractivity contribution is 0.100. The van der Waals surface area contributed by atoms with Crippen LogP contribution < -0.4 is 0 Å². The number of ketones is 2. The second-order valence-electron chi connectivity index (χ2n) is 8.35. The van der Waals surface area contributed by atoms with Gasteiger partial charge in [-0.25, -0.2) is 0 Å². The molecule has 0 unspecified atom stereocenters. The Morgan fingerprint density at radius 3 is 1.16 bits per heavy atom. The summed E-state index contributed by atoms with van der Waals surface area (Å²) < 4.78 is 0. The highest BCUT2D eigenvalue weighted by molar-refractivity contribution is 6.24. The Bertz CT molecular complexity index is 1290. The Kier molecular flexibility index (Phi) is 4.26. The van der Waals surface area contributed by atoms with Crippen LogP contribution in [0.25, 0.3) is 0 Å². The number of benzene rings is 4. The Hall–Kier alpha value is -4.04. The molecule has 2 aliphatic rings. The van der Waals surface area contributed by atoms with Crippen LogP contribution in [0.15, 0.2) is 120 Å². The number of hydrogen-bond donors (Lipinski definition) is 0. The normalized spacial score (nSPS) is 21.5. The number of rotatable bonds is 2. The molecule has 4 aromatic carbocycles. The van der Waals surface area contributed by atoms with Gasteiger partial charge in [-0.1, -0.05) is 109 Å². The molecule has 6 rings (SSSR count). The van der Waals surface area contributed by atoms with Crippen molar-refractivity contribution < 1.29 is 9.59 Å². The molecule has 2 aliphatic carbocycles. The maximum absolute atomic E-state index is 13.8. The van der Waals surface area contributed by atoms with Crippen molar-refractivity contribution in [3.63, 3.8) is 0 Å². The van der Waals surface area contributed by atoms with Gasteiger partial charge in [0.2, 0.25) is 0 Å². The molecule has 0 radical (unpaired) electrons. The minimum absolute atomic E-state index is 0.0356. The lowest BCUT2D eigenvalue weighted by atomic mass is 9.81. The number of allylic oxidation sites excluding steroid dienone is 2. The molecular weight excluding hydrogens is 392 g/mol. The smallest absolute Gasteiger partial charge is 0.190 e. The summed E-state index contributed by atoms with van der Waals surface area (Å²) in [4.78, 5) is 27.7. The van der Waals surface area contributed by atoms with E-state index in [0.29, 0.717) is 22.3 Å². The van der Waals surface area contributed by atoms with E-state index in [9.17, 15) is 9.59 Å². The highest BCUT2D eigenvalue weighted by Crippen LogP contribution is 2.50. The standard InChI is InChI=1S/C30H20O2/c31-29-23-17-9-7-15-21(23)25(19-11-3-1-4-12-19)27(29)28-26(20-13-5-2-6-14-20)22-16-8-10-18-24(22)30(28)32/h1-18,25-26H/b28-27+/t25-,26-/m0/s1. The molecule has 2 nitrogen and oxygen atoms in total. The van der Waals surface area contributed by atoms with Crippen LogP contribution >= 0.6 is 0 Å². The van der Waals surface area contributed by atoms with Crippen molar-refractivity contribution >= 4 is 11.6 Å². The zero-order chi connectivity index (χ0) is 21.7. The fraction of sp³-hybridized carbons (Fsp3) is 0.0667. The molecule has 4 aromatic rings. The van der Waals surface area contributed by atoms with Crippen molar-refractivity contribution in [3.8, 4) is 0 Å². The minimum Gasteiger partial charge on any atom is -0.289 e. The molecule has 0 spiro atoms. The zero-order valence-electron chi connectivity index (χ0n) is 17.4. The average molecular weight is 412 g/mol. The van der Waals surface area contributed by atoms with Gasteiger partial charge >= 0.3 is 0 Å². The third kappa shape index (κ3) is 2.66. The molecule has 0 N–H and O–H groups in total. The number of hydrogen-bond acceptors (Lipinski definition) is 2.